The highest BCUT2D eigenvalue weighted by Gasteiger charge is 2.41. The molecule has 0 saturated heterocycles. The Morgan fingerprint density at radius 3 is 2.45 bits per heavy atom. The topological polar surface area (TPSA) is 80.5 Å². The zero-order valence-corrected chi connectivity index (χ0v) is 11.3. The molecule has 0 spiro atoms. The number of nitrogen functional groups attached to an aromatic ring is 1. The summed E-state index contributed by atoms with van der Waals surface area (Å²) >= 11 is 0. The van der Waals surface area contributed by atoms with Crippen molar-refractivity contribution in [2.45, 2.75) is 11.4 Å². The SMILES string of the molecule is Nc1ccc2c(c1)S(=O)(=O)N(Cc1ccccc1)C2=O. The highest BCUT2D eigenvalue weighted by molar-refractivity contribution is 7.90. The molecule has 0 atom stereocenters. The van der Waals surface area contributed by atoms with Gasteiger partial charge >= 0.3 is 0 Å². The minimum atomic E-state index is -3.81. The third kappa shape index (κ3) is 1.85. The summed E-state index contributed by atoms with van der Waals surface area (Å²) in [7, 11) is -3.81. The van der Waals surface area contributed by atoms with Crippen molar-refractivity contribution in [3.05, 3.63) is 59.7 Å². The number of benzene rings is 2. The van der Waals surface area contributed by atoms with Crippen molar-refractivity contribution in [3.63, 3.8) is 0 Å². The molecule has 0 aromatic heterocycles. The van der Waals surface area contributed by atoms with E-state index in [-0.39, 0.29) is 17.0 Å². The number of hydrogen-bond donors (Lipinski definition) is 1. The molecule has 1 aliphatic rings. The summed E-state index contributed by atoms with van der Waals surface area (Å²) in [5.74, 6) is -0.510. The van der Waals surface area contributed by atoms with Crippen LogP contribution >= 0.6 is 0 Å². The Hall–Kier alpha value is -2.34. The Balaban J connectivity index is 2.06. The van der Waals surface area contributed by atoms with Crippen LogP contribution < -0.4 is 5.73 Å². The first-order valence-electron chi connectivity index (χ1n) is 6.00. The number of sulfonamides is 1. The van der Waals surface area contributed by atoms with Crippen LogP contribution in [0.5, 0.6) is 0 Å². The van der Waals surface area contributed by atoms with Crippen molar-refractivity contribution in [2.75, 3.05) is 5.73 Å². The lowest BCUT2D eigenvalue weighted by Gasteiger charge is -2.14. The second-order valence-corrected chi connectivity index (χ2v) is 6.39. The van der Waals surface area contributed by atoms with Crippen LogP contribution in [-0.4, -0.2) is 18.6 Å². The fourth-order valence-electron chi connectivity index (χ4n) is 2.20. The quantitative estimate of drug-likeness (QED) is 0.851. The second-order valence-electron chi connectivity index (χ2n) is 4.56. The highest BCUT2D eigenvalue weighted by atomic mass is 32.2. The van der Waals surface area contributed by atoms with E-state index >= 15 is 0 Å². The van der Waals surface area contributed by atoms with Gasteiger partial charge < -0.3 is 5.73 Å². The van der Waals surface area contributed by atoms with Crippen LogP contribution in [-0.2, 0) is 16.6 Å². The Bertz CT molecular complexity index is 785. The van der Waals surface area contributed by atoms with Gasteiger partial charge in [-0.3, -0.25) is 4.79 Å². The smallest absolute Gasteiger partial charge is 0.269 e. The molecule has 2 aromatic rings. The van der Waals surface area contributed by atoms with Crippen LogP contribution in [0.4, 0.5) is 5.69 Å². The lowest BCUT2D eigenvalue weighted by molar-refractivity contribution is 0.0865. The molecular formula is C14H12N2O3S. The molecule has 1 heterocycles. The lowest BCUT2D eigenvalue weighted by atomic mass is 10.2. The highest BCUT2D eigenvalue weighted by Crippen LogP contribution is 2.32. The van der Waals surface area contributed by atoms with E-state index in [1.807, 2.05) is 6.07 Å². The van der Waals surface area contributed by atoms with Gasteiger partial charge in [0.15, 0.2) is 0 Å². The summed E-state index contributed by atoms with van der Waals surface area (Å²) in [5, 5.41) is 0. The number of nitrogens with zero attached hydrogens (tertiary/aromatic N) is 1. The Kier molecular flexibility index (Phi) is 2.76. The molecule has 102 valence electrons. The number of fused-ring (bicyclic) bond motifs is 1. The third-order valence-corrected chi connectivity index (χ3v) is 4.97. The van der Waals surface area contributed by atoms with Crippen LogP contribution in [0.2, 0.25) is 0 Å². The predicted molar refractivity (Wildman–Crippen MR) is 74.4 cm³/mol. The Labute approximate surface area is 116 Å². The lowest BCUT2D eigenvalue weighted by Crippen LogP contribution is -2.29. The molecule has 2 N–H and O–H groups in total. The summed E-state index contributed by atoms with van der Waals surface area (Å²) in [5.41, 5.74) is 6.85. The van der Waals surface area contributed by atoms with Gasteiger partial charge in [-0.1, -0.05) is 30.3 Å². The van der Waals surface area contributed by atoms with Crippen LogP contribution in [0.1, 0.15) is 15.9 Å². The summed E-state index contributed by atoms with van der Waals surface area (Å²) in [4.78, 5) is 12.2. The molecule has 6 heteroatoms. The minimum absolute atomic E-state index is 0.0153. The monoisotopic (exact) mass is 288 g/mol. The molecular weight excluding hydrogens is 276 g/mol. The van der Waals surface area contributed by atoms with Crippen LogP contribution in [0.15, 0.2) is 53.4 Å². The first-order valence-corrected chi connectivity index (χ1v) is 7.44. The number of carbonyl (C=O) groups excluding carboxylic acids is 1. The minimum Gasteiger partial charge on any atom is -0.399 e. The summed E-state index contributed by atoms with van der Waals surface area (Å²) in [6.07, 6.45) is 0. The van der Waals surface area contributed by atoms with Gasteiger partial charge in [0.05, 0.1) is 12.1 Å². The van der Waals surface area contributed by atoms with Crippen molar-refractivity contribution >= 4 is 21.6 Å². The summed E-state index contributed by atoms with van der Waals surface area (Å²) in [6.45, 7) is 0.0244. The maximum absolute atomic E-state index is 12.4. The van der Waals surface area contributed by atoms with E-state index in [1.165, 1.54) is 18.2 Å². The van der Waals surface area contributed by atoms with Crippen molar-refractivity contribution < 1.29 is 13.2 Å². The van der Waals surface area contributed by atoms with Crippen LogP contribution in [0.3, 0.4) is 0 Å². The van der Waals surface area contributed by atoms with E-state index in [4.69, 9.17) is 5.73 Å². The Morgan fingerprint density at radius 1 is 1.05 bits per heavy atom. The molecule has 20 heavy (non-hydrogen) atoms. The van der Waals surface area contributed by atoms with Gasteiger partial charge in [-0.05, 0) is 23.8 Å². The first kappa shape index (κ1) is 12.7. The molecule has 0 saturated carbocycles. The maximum atomic E-state index is 12.4. The third-order valence-electron chi connectivity index (χ3n) is 3.20. The average molecular weight is 288 g/mol. The normalized spacial score (nSPS) is 16.2. The first-order chi connectivity index (χ1) is 9.50. The van der Waals surface area contributed by atoms with Crippen LogP contribution in [0.25, 0.3) is 0 Å². The standard InChI is InChI=1S/C14H12N2O3S/c15-11-6-7-12-13(8-11)20(18,19)16(14(12)17)9-10-4-2-1-3-5-10/h1-8H,9,15H2. The van der Waals surface area contributed by atoms with Gasteiger partial charge in [0, 0.05) is 5.69 Å². The fourth-order valence-corrected chi connectivity index (χ4v) is 3.79. The number of amides is 1. The number of anilines is 1. The molecule has 1 aliphatic heterocycles. The molecule has 5 nitrogen and oxygen atoms in total. The Morgan fingerprint density at radius 2 is 1.75 bits per heavy atom. The van der Waals surface area contributed by atoms with Crippen LogP contribution in [0, 0.1) is 0 Å². The molecule has 0 bridgehead atoms. The molecule has 0 fully saturated rings. The van der Waals surface area contributed by atoms with Gasteiger partial charge in [0.1, 0.15) is 4.90 Å². The number of carbonyl (C=O) groups is 1. The van der Waals surface area contributed by atoms with Crippen molar-refractivity contribution in [2.24, 2.45) is 0 Å². The number of hydrogen-bond acceptors (Lipinski definition) is 4. The van der Waals surface area contributed by atoms with Gasteiger partial charge in [-0.15, -0.1) is 0 Å². The average Bonchev–Trinajstić information content (AvgIpc) is 2.61. The van der Waals surface area contributed by atoms with E-state index in [9.17, 15) is 13.2 Å². The largest absolute Gasteiger partial charge is 0.399 e. The summed E-state index contributed by atoms with van der Waals surface area (Å²) in [6, 6.07) is 13.3. The molecule has 1 amide bonds. The molecule has 0 radical (unpaired) electrons. The number of nitrogens with two attached hydrogens (primary N) is 1. The zero-order chi connectivity index (χ0) is 14.3. The van der Waals surface area contributed by atoms with Gasteiger partial charge in [0.25, 0.3) is 15.9 Å². The second kappa shape index (κ2) is 4.35. The van der Waals surface area contributed by atoms with Crippen molar-refractivity contribution in [3.8, 4) is 0 Å². The van der Waals surface area contributed by atoms with Crippen molar-refractivity contribution in [1.29, 1.82) is 0 Å². The van der Waals surface area contributed by atoms with E-state index in [2.05, 4.69) is 0 Å². The predicted octanol–water partition coefficient (Wildman–Crippen LogP) is 1.61. The number of rotatable bonds is 2. The zero-order valence-electron chi connectivity index (χ0n) is 10.5. The summed E-state index contributed by atoms with van der Waals surface area (Å²) < 4.78 is 25.7. The molecule has 3 rings (SSSR count). The molecule has 2 aromatic carbocycles. The maximum Gasteiger partial charge on any atom is 0.269 e. The van der Waals surface area contributed by atoms with Gasteiger partial charge in [0.2, 0.25) is 0 Å². The van der Waals surface area contributed by atoms with E-state index in [1.54, 1.807) is 24.3 Å². The van der Waals surface area contributed by atoms with E-state index in [0.717, 1.165) is 9.87 Å². The van der Waals surface area contributed by atoms with E-state index in [0.29, 0.717) is 5.69 Å². The fraction of sp³-hybridized carbons (Fsp3) is 0.0714. The molecule has 0 aliphatic carbocycles. The van der Waals surface area contributed by atoms with Gasteiger partial charge in [-0.2, -0.15) is 0 Å². The molecule has 0 unspecified atom stereocenters. The van der Waals surface area contributed by atoms with Gasteiger partial charge in [-0.25, -0.2) is 12.7 Å². The van der Waals surface area contributed by atoms with E-state index < -0.39 is 15.9 Å². The van der Waals surface area contributed by atoms with Crippen molar-refractivity contribution in [1.82, 2.24) is 4.31 Å².